The highest BCUT2D eigenvalue weighted by atomic mass is 16.4. The lowest BCUT2D eigenvalue weighted by Crippen LogP contribution is -2.36. The number of carbonyl (C=O) groups excluding carboxylic acids is 1. The second kappa shape index (κ2) is 5.35. The van der Waals surface area contributed by atoms with Gasteiger partial charge in [0.25, 0.3) is 0 Å². The summed E-state index contributed by atoms with van der Waals surface area (Å²) in [5.74, 6) is -2.02. The molecule has 21 heavy (non-hydrogen) atoms. The average Bonchev–Trinajstić information content (AvgIpc) is 3.07. The number of aliphatic carboxylic acids is 1. The first-order chi connectivity index (χ1) is 10.1. The highest BCUT2D eigenvalue weighted by Crippen LogP contribution is 2.48. The Labute approximate surface area is 123 Å². The first kappa shape index (κ1) is 13.9. The third-order valence-corrected chi connectivity index (χ3v) is 4.65. The van der Waals surface area contributed by atoms with Crippen molar-refractivity contribution in [3.63, 3.8) is 0 Å². The standard InChI is InChI=1S/C17H19NO3/c1-2-10-4-3-5-13(8-10)18-16(19)14-11-6-7-12(9-11)15(14)17(20)21/h3-8,11-12,14-15H,2,9H2,1H3,(H,18,19)(H,20,21)/t11?,12?,14-,15+/m0/s1. The SMILES string of the molecule is CCc1cccc(NC(=O)[C@H]2C3C=CC(C3)[C@H]2C(=O)O)c1. The Morgan fingerprint density at radius 2 is 1.95 bits per heavy atom. The molecule has 0 radical (unpaired) electrons. The summed E-state index contributed by atoms with van der Waals surface area (Å²) in [6.45, 7) is 2.06. The minimum absolute atomic E-state index is 0.00484. The monoisotopic (exact) mass is 285 g/mol. The average molecular weight is 285 g/mol. The second-order valence-electron chi connectivity index (χ2n) is 5.88. The molecular formula is C17H19NO3. The molecule has 0 aromatic heterocycles. The van der Waals surface area contributed by atoms with E-state index in [1.165, 1.54) is 0 Å². The lowest BCUT2D eigenvalue weighted by Gasteiger charge is -2.23. The highest BCUT2D eigenvalue weighted by Gasteiger charge is 2.51. The van der Waals surface area contributed by atoms with Crippen LogP contribution >= 0.6 is 0 Å². The van der Waals surface area contributed by atoms with Crippen molar-refractivity contribution in [2.24, 2.45) is 23.7 Å². The maximum absolute atomic E-state index is 12.5. The Balaban J connectivity index is 1.78. The van der Waals surface area contributed by atoms with Gasteiger partial charge < -0.3 is 10.4 Å². The molecule has 1 amide bonds. The lowest BCUT2D eigenvalue weighted by atomic mass is 9.82. The van der Waals surface area contributed by atoms with Gasteiger partial charge in [-0.3, -0.25) is 9.59 Å². The number of nitrogens with one attached hydrogen (secondary N) is 1. The fourth-order valence-electron chi connectivity index (χ4n) is 3.61. The Bertz CT molecular complexity index is 608. The summed E-state index contributed by atoms with van der Waals surface area (Å²) in [5.41, 5.74) is 1.89. The Hall–Kier alpha value is -2.10. The van der Waals surface area contributed by atoms with Gasteiger partial charge in [-0.2, -0.15) is 0 Å². The van der Waals surface area contributed by atoms with Gasteiger partial charge in [0.2, 0.25) is 5.91 Å². The van der Waals surface area contributed by atoms with Crippen molar-refractivity contribution >= 4 is 17.6 Å². The van der Waals surface area contributed by atoms with Gasteiger partial charge in [0.15, 0.2) is 0 Å². The molecule has 1 aromatic rings. The van der Waals surface area contributed by atoms with Crippen LogP contribution in [0.4, 0.5) is 5.69 Å². The lowest BCUT2D eigenvalue weighted by molar-refractivity contribution is -0.146. The van der Waals surface area contributed by atoms with Crippen molar-refractivity contribution in [3.8, 4) is 0 Å². The molecular weight excluding hydrogens is 266 g/mol. The molecule has 2 aliphatic rings. The van der Waals surface area contributed by atoms with Crippen molar-refractivity contribution in [3.05, 3.63) is 42.0 Å². The predicted molar refractivity (Wildman–Crippen MR) is 79.8 cm³/mol. The number of carboxylic acids is 1. The largest absolute Gasteiger partial charge is 0.481 e. The molecule has 2 bridgehead atoms. The number of hydrogen-bond acceptors (Lipinski definition) is 2. The summed E-state index contributed by atoms with van der Waals surface area (Å²) in [5, 5.41) is 12.3. The van der Waals surface area contributed by atoms with Crippen molar-refractivity contribution in [2.75, 3.05) is 5.32 Å². The molecule has 1 saturated carbocycles. The van der Waals surface area contributed by atoms with Crippen LogP contribution in [0.5, 0.6) is 0 Å². The van der Waals surface area contributed by atoms with Gasteiger partial charge in [-0.1, -0.05) is 31.2 Å². The van der Waals surface area contributed by atoms with E-state index in [0.717, 1.165) is 24.1 Å². The number of amides is 1. The highest BCUT2D eigenvalue weighted by molar-refractivity contribution is 5.96. The van der Waals surface area contributed by atoms with E-state index in [4.69, 9.17) is 0 Å². The van der Waals surface area contributed by atoms with E-state index < -0.39 is 17.8 Å². The maximum atomic E-state index is 12.5. The number of aryl methyl sites for hydroxylation is 1. The van der Waals surface area contributed by atoms with Crippen molar-refractivity contribution in [1.29, 1.82) is 0 Å². The number of benzene rings is 1. The van der Waals surface area contributed by atoms with Crippen LogP contribution in [0.3, 0.4) is 0 Å². The molecule has 1 aromatic carbocycles. The fourth-order valence-corrected chi connectivity index (χ4v) is 3.61. The van der Waals surface area contributed by atoms with Gasteiger partial charge in [-0.15, -0.1) is 0 Å². The topological polar surface area (TPSA) is 66.4 Å². The molecule has 110 valence electrons. The minimum atomic E-state index is -0.866. The van der Waals surface area contributed by atoms with Crippen LogP contribution in [0.1, 0.15) is 18.9 Å². The molecule has 4 nitrogen and oxygen atoms in total. The molecule has 4 heteroatoms. The fraction of sp³-hybridized carbons (Fsp3) is 0.412. The van der Waals surface area contributed by atoms with Crippen molar-refractivity contribution < 1.29 is 14.7 Å². The Morgan fingerprint density at radius 3 is 2.62 bits per heavy atom. The zero-order valence-corrected chi connectivity index (χ0v) is 12.0. The molecule has 3 rings (SSSR count). The van der Waals surface area contributed by atoms with Gasteiger partial charge in [-0.25, -0.2) is 0 Å². The predicted octanol–water partition coefficient (Wildman–Crippen LogP) is 2.71. The van der Waals surface area contributed by atoms with E-state index in [1.807, 2.05) is 36.4 Å². The van der Waals surface area contributed by atoms with Gasteiger partial charge in [0, 0.05) is 5.69 Å². The van der Waals surface area contributed by atoms with E-state index >= 15 is 0 Å². The third-order valence-electron chi connectivity index (χ3n) is 4.65. The molecule has 1 fully saturated rings. The quantitative estimate of drug-likeness (QED) is 0.836. The zero-order valence-electron chi connectivity index (χ0n) is 12.0. The summed E-state index contributed by atoms with van der Waals surface area (Å²) in [4.78, 5) is 24.0. The van der Waals surface area contributed by atoms with Crippen LogP contribution in [-0.4, -0.2) is 17.0 Å². The number of hydrogen-bond donors (Lipinski definition) is 2. The van der Waals surface area contributed by atoms with Gasteiger partial charge in [0.1, 0.15) is 0 Å². The van der Waals surface area contributed by atoms with Gasteiger partial charge >= 0.3 is 5.97 Å². The molecule has 0 aliphatic heterocycles. The summed E-state index contributed by atoms with van der Waals surface area (Å²) >= 11 is 0. The summed E-state index contributed by atoms with van der Waals surface area (Å²) in [6.07, 6.45) is 5.63. The smallest absolute Gasteiger partial charge is 0.307 e. The van der Waals surface area contributed by atoms with Crippen LogP contribution in [0.15, 0.2) is 36.4 Å². The number of anilines is 1. The van der Waals surface area contributed by atoms with Gasteiger partial charge in [-0.05, 0) is 42.4 Å². The minimum Gasteiger partial charge on any atom is -0.481 e. The van der Waals surface area contributed by atoms with Crippen LogP contribution in [0.2, 0.25) is 0 Å². The number of allylic oxidation sites excluding steroid dienone is 2. The van der Waals surface area contributed by atoms with E-state index in [1.54, 1.807) is 0 Å². The molecule has 0 saturated heterocycles. The second-order valence-corrected chi connectivity index (χ2v) is 5.88. The van der Waals surface area contributed by atoms with E-state index in [0.29, 0.717) is 0 Å². The zero-order chi connectivity index (χ0) is 15.0. The number of rotatable bonds is 4. The van der Waals surface area contributed by atoms with E-state index in [-0.39, 0.29) is 17.7 Å². The van der Waals surface area contributed by atoms with Crippen LogP contribution in [0.25, 0.3) is 0 Å². The molecule has 2 N–H and O–H groups in total. The first-order valence-corrected chi connectivity index (χ1v) is 7.41. The van der Waals surface area contributed by atoms with Crippen molar-refractivity contribution in [1.82, 2.24) is 0 Å². The molecule has 2 unspecified atom stereocenters. The Morgan fingerprint density at radius 1 is 1.24 bits per heavy atom. The van der Waals surface area contributed by atoms with Crippen LogP contribution in [0, 0.1) is 23.7 Å². The van der Waals surface area contributed by atoms with Crippen LogP contribution < -0.4 is 5.32 Å². The van der Waals surface area contributed by atoms with Crippen molar-refractivity contribution in [2.45, 2.75) is 19.8 Å². The van der Waals surface area contributed by atoms with E-state index in [9.17, 15) is 14.7 Å². The van der Waals surface area contributed by atoms with Crippen LogP contribution in [-0.2, 0) is 16.0 Å². The summed E-state index contributed by atoms with van der Waals surface area (Å²) in [7, 11) is 0. The van der Waals surface area contributed by atoms with Gasteiger partial charge in [0.05, 0.1) is 11.8 Å². The molecule has 4 atom stereocenters. The number of carbonyl (C=O) groups is 2. The third kappa shape index (κ3) is 2.46. The molecule has 2 aliphatic carbocycles. The maximum Gasteiger partial charge on any atom is 0.307 e. The molecule has 0 heterocycles. The Kier molecular flexibility index (Phi) is 3.53. The summed E-state index contributed by atoms with van der Waals surface area (Å²) in [6, 6.07) is 7.70. The van der Waals surface area contributed by atoms with E-state index in [2.05, 4.69) is 12.2 Å². The number of fused-ring (bicyclic) bond motifs is 2. The normalized spacial score (nSPS) is 29.6. The summed E-state index contributed by atoms with van der Waals surface area (Å²) < 4.78 is 0. The first-order valence-electron chi connectivity index (χ1n) is 7.41. The molecule has 0 spiro atoms. The number of carboxylic acid groups (broad SMARTS) is 1.